The standard InChI is InChI=1S/C15H21N3/c1-12(2)8-16-10-14-6-4-5-7-15(14)18-11-13(3)9-17-18/h4-7,9,11-12,16H,8,10H2,1-3H3. The number of aryl methyl sites for hydroxylation is 1. The van der Waals surface area contributed by atoms with Gasteiger partial charge in [0.1, 0.15) is 0 Å². The first-order chi connectivity index (χ1) is 8.66. The lowest BCUT2D eigenvalue weighted by atomic mass is 10.1. The highest BCUT2D eigenvalue weighted by molar-refractivity contribution is 5.40. The van der Waals surface area contributed by atoms with E-state index in [4.69, 9.17) is 0 Å². The quantitative estimate of drug-likeness (QED) is 0.875. The van der Waals surface area contributed by atoms with Crippen molar-refractivity contribution >= 4 is 0 Å². The minimum Gasteiger partial charge on any atom is -0.312 e. The summed E-state index contributed by atoms with van der Waals surface area (Å²) in [7, 11) is 0. The van der Waals surface area contributed by atoms with E-state index in [1.807, 2.05) is 10.9 Å². The Morgan fingerprint density at radius 3 is 2.72 bits per heavy atom. The fourth-order valence-corrected chi connectivity index (χ4v) is 1.92. The van der Waals surface area contributed by atoms with Crippen LogP contribution < -0.4 is 5.32 Å². The van der Waals surface area contributed by atoms with Crippen LogP contribution in [0.5, 0.6) is 0 Å². The minimum atomic E-state index is 0.670. The van der Waals surface area contributed by atoms with Gasteiger partial charge >= 0.3 is 0 Å². The van der Waals surface area contributed by atoms with Crippen LogP contribution in [0.3, 0.4) is 0 Å². The molecular weight excluding hydrogens is 222 g/mol. The van der Waals surface area contributed by atoms with Gasteiger partial charge in [-0.2, -0.15) is 5.10 Å². The predicted octanol–water partition coefficient (Wildman–Crippen LogP) is 2.93. The molecule has 18 heavy (non-hydrogen) atoms. The minimum absolute atomic E-state index is 0.670. The Kier molecular flexibility index (Phi) is 4.15. The third-order valence-electron chi connectivity index (χ3n) is 2.82. The number of rotatable bonds is 5. The molecule has 2 rings (SSSR count). The molecule has 0 saturated heterocycles. The lowest BCUT2D eigenvalue weighted by molar-refractivity contribution is 0.551. The molecule has 0 aliphatic carbocycles. The van der Waals surface area contributed by atoms with E-state index in [9.17, 15) is 0 Å². The lowest BCUT2D eigenvalue weighted by Gasteiger charge is -2.11. The van der Waals surface area contributed by atoms with Gasteiger partial charge in [-0.05, 0) is 36.6 Å². The molecule has 0 spiro atoms. The van der Waals surface area contributed by atoms with Crippen molar-refractivity contribution in [3.63, 3.8) is 0 Å². The van der Waals surface area contributed by atoms with Gasteiger partial charge in [0.05, 0.1) is 11.9 Å². The van der Waals surface area contributed by atoms with Gasteiger partial charge in [0.15, 0.2) is 0 Å². The zero-order valence-electron chi connectivity index (χ0n) is 11.4. The van der Waals surface area contributed by atoms with Crippen LogP contribution in [0.25, 0.3) is 5.69 Å². The van der Waals surface area contributed by atoms with Crippen LogP contribution in [-0.2, 0) is 6.54 Å². The first kappa shape index (κ1) is 12.8. The normalized spacial score (nSPS) is 11.1. The van der Waals surface area contributed by atoms with Gasteiger partial charge in [-0.15, -0.1) is 0 Å². The molecule has 1 aromatic heterocycles. The molecular formula is C15H21N3. The SMILES string of the molecule is Cc1cnn(-c2ccccc2CNCC(C)C)c1. The van der Waals surface area contributed by atoms with Crippen molar-refractivity contribution in [1.82, 2.24) is 15.1 Å². The van der Waals surface area contributed by atoms with Gasteiger partial charge in [0.25, 0.3) is 0 Å². The molecule has 0 bridgehead atoms. The van der Waals surface area contributed by atoms with Crippen molar-refractivity contribution in [3.05, 3.63) is 47.8 Å². The molecule has 2 aromatic rings. The summed E-state index contributed by atoms with van der Waals surface area (Å²) in [6.45, 7) is 8.41. The molecule has 0 fully saturated rings. The van der Waals surface area contributed by atoms with E-state index < -0.39 is 0 Å². The summed E-state index contributed by atoms with van der Waals surface area (Å²) in [5.41, 5.74) is 3.61. The first-order valence-electron chi connectivity index (χ1n) is 6.47. The van der Waals surface area contributed by atoms with Crippen molar-refractivity contribution in [3.8, 4) is 5.69 Å². The van der Waals surface area contributed by atoms with Crippen LogP contribution in [0.1, 0.15) is 25.0 Å². The monoisotopic (exact) mass is 243 g/mol. The maximum Gasteiger partial charge on any atom is 0.0690 e. The fraction of sp³-hybridized carbons (Fsp3) is 0.400. The maximum absolute atomic E-state index is 4.38. The third-order valence-corrected chi connectivity index (χ3v) is 2.82. The zero-order valence-corrected chi connectivity index (χ0v) is 11.4. The van der Waals surface area contributed by atoms with Crippen LogP contribution in [-0.4, -0.2) is 16.3 Å². The van der Waals surface area contributed by atoms with Crippen LogP contribution in [0.2, 0.25) is 0 Å². The molecule has 3 nitrogen and oxygen atoms in total. The van der Waals surface area contributed by atoms with Crippen LogP contribution in [0.15, 0.2) is 36.7 Å². The average Bonchev–Trinajstić information content (AvgIpc) is 2.76. The van der Waals surface area contributed by atoms with E-state index in [1.165, 1.54) is 11.1 Å². The summed E-state index contributed by atoms with van der Waals surface area (Å²) in [5, 5.41) is 7.86. The highest BCUT2D eigenvalue weighted by Gasteiger charge is 2.05. The summed E-state index contributed by atoms with van der Waals surface area (Å²) in [4.78, 5) is 0. The molecule has 0 aliphatic heterocycles. The van der Waals surface area contributed by atoms with Crippen LogP contribution in [0, 0.1) is 12.8 Å². The molecule has 1 heterocycles. The smallest absolute Gasteiger partial charge is 0.0690 e. The zero-order chi connectivity index (χ0) is 13.0. The molecule has 0 aliphatic rings. The Morgan fingerprint density at radius 2 is 2.06 bits per heavy atom. The molecule has 0 amide bonds. The van der Waals surface area contributed by atoms with Crippen molar-refractivity contribution in [2.75, 3.05) is 6.54 Å². The molecule has 0 radical (unpaired) electrons. The van der Waals surface area contributed by atoms with E-state index >= 15 is 0 Å². The number of aromatic nitrogens is 2. The van der Waals surface area contributed by atoms with Gasteiger partial charge < -0.3 is 5.32 Å². The average molecular weight is 243 g/mol. The van der Waals surface area contributed by atoms with Gasteiger partial charge in [-0.1, -0.05) is 32.0 Å². The van der Waals surface area contributed by atoms with E-state index in [0.29, 0.717) is 5.92 Å². The highest BCUT2D eigenvalue weighted by Crippen LogP contribution is 2.14. The summed E-state index contributed by atoms with van der Waals surface area (Å²) >= 11 is 0. The van der Waals surface area contributed by atoms with E-state index in [-0.39, 0.29) is 0 Å². The summed E-state index contributed by atoms with van der Waals surface area (Å²) in [6.07, 6.45) is 3.94. The Hall–Kier alpha value is -1.61. The Balaban J connectivity index is 2.15. The number of para-hydroxylation sites is 1. The van der Waals surface area contributed by atoms with Crippen molar-refractivity contribution in [1.29, 1.82) is 0 Å². The van der Waals surface area contributed by atoms with Crippen LogP contribution in [0.4, 0.5) is 0 Å². The number of nitrogens with one attached hydrogen (secondary N) is 1. The molecule has 0 atom stereocenters. The molecule has 3 heteroatoms. The van der Waals surface area contributed by atoms with Crippen molar-refractivity contribution < 1.29 is 0 Å². The van der Waals surface area contributed by atoms with Crippen LogP contribution >= 0.6 is 0 Å². The largest absolute Gasteiger partial charge is 0.312 e. The Bertz CT molecular complexity index is 500. The van der Waals surface area contributed by atoms with Gasteiger partial charge in [0.2, 0.25) is 0 Å². The van der Waals surface area contributed by atoms with Crippen molar-refractivity contribution in [2.45, 2.75) is 27.3 Å². The summed E-state index contributed by atoms with van der Waals surface area (Å²) < 4.78 is 1.95. The number of benzene rings is 1. The molecule has 0 unspecified atom stereocenters. The fourth-order valence-electron chi connectivity index (χ4n) is 1.92. The summed E-state index contributed by atoms with van der Waals surface area (Å²) in [5.74, 6) is 0.670. The molecule has 1 N–H and O–H groups in total. The van der Waals surface area contributed by atoms with Gasteiger partial charge in [0, 0.05) is 12.7 Å². The topological polar surface area (TPSA) is 29.9 Å². The highest BCUT2D eigenvalue weighted by atomic mass is 15.3. The van der Waals surface area contributed by atoms with Gasteiger partial charge in [-0.3, -0.25) is 0 Å². The second-order valence-electron chi connectivity index (χ2n) is 5.12. The predicted molar refractivity (Wildman–Crippen MR) is 74.8 cm³/mol. The number of hydrogen-bond donors (Lipinski definition) is 1. The first-order valence-corrected chi connectivity index (χ1v) is 6.47. The Labute approximate surface area is 109 Å². The van der Waals surface area contributed by atoms with E-state index in [1.54, 1.807) is 0 Å². The molecule has 1 aromatic carbocycles. The van der Waals surface area contributed by atoms with Gasteiger partial charge in [-0.25, -0.2) is 4.68 Å². The maximum atomic E-state index is 4.38. The van der Waals surface area contributed by atoms with Crippen molar-refractivity contribution in [2.24, 2.45) is 5.92 Å². The second-order valence-corrected chi connectivity index (χ2v) is 5.12. The number of hydrogen-bond acceptors (Lipinski definition) is 2. The molecule has 0 saturated carbocycles. The number of nitrogens with zero attached hydrogens (tertiary/aromatic N) is 2. The lowest BCUT2D eigenvalue weighted by Crippen LogP contribution is -2.20. The summed E-state index contributed by atoms with van der Waals surface area (Å²) in [6, 6.07) is 8.39. The second kappa shape index (κ2) is 5.83. The van der Waals surface area contributed by atoms with E-state index in [2.05, 4.69) is 61.6 Å². The third kappa shape index (κ3) is 3.20. The molecule has 96 valence electrons. The Morgan fingerprint density at radius 1 is 1.28 bits per heavy atom. The van der Waals surface area contributed by atoms with E-state index in [0.717, 1.165) is 18.8 Å².